The molecule has 0 bridgehead atoms. The first-order valence-corrected chi connectivity index (χ1v) is 1.10. The van der Waals surface area contributed by atoms with Crippen LogP contribution in [0.5, 0.6) is 0 Å². The van der Waals surface area contributed by atoms with E-state index in [1.165, 1.54) is 0 Å². The van der Waals surface area contributed by atoms with Crippen molar-refractivity contribution < 1.29 is 33.0 Å². The summed E-state index contributed by atoms with van der Waals surface area (Å²) >= 11 is 0. The molecule has 1 radical (unpaired) electrons. The quantitative estimate of drug-likeness (QED) is 0.363. The van der Waals surface area contributed by atoms with E-state index < -0.39 is 10.2 Å². The van der Waals surface area contributed by atoms with Gasteiger partial charge in [0, 0.05) is 0 Å². The summed E-state index contributed by atoms with van der Waals surface area (Å²) in [6.45, 7) is 0. The Labute approximate surface area is 64.5 Å². The van der Waals surface area contributed by atoms with Gasteiger partial charge in [0.05, 0.1) is 10.2 Å². The minimum Gasteiger partial charge on any atom is -0.870 e. The number of rotatable bonds is 0. The van der Waals surface area contributed by atoms with Crippen LogP contribution in [0.3, 0.4) is 0 Å². The van der Waals surface area contributed by atoms with E-state index >= 15 is 0 Å². The molecule has 0 fully saturated rings. The Morgan fingerprint density at radius 3 is 0.800 bits per heavy atom. The van der Waals surface area contributed by atoms with Crippen molar-refractivity contribution in [2.24, 2.45) is 0 Å². The zero-order valence-electron chi connectivity index (χ0n) is 4.20. The molecule has 0 aliphatic heterocycles. The Hall–Kier alpha value is -1.11. The Balaban J connectivity index is -0.0000000300. The van der Waals surface area contributed by atoms with Crippen LogP contribution in [-0.4, -0.2) is 15.6 Å². The molecule has 0 aliphatic carbocycles. The third-order valence-electron chi connectivity index (χ3n) is 0. The molecule has 0 rings (SSSR count). The van der Waals surface area contributed by atoms with E-state index in [9.17, 15) is 0 Å². The van der Waals surface area contributed by atoms with Gasteiger partial charge in [0.15, 0.2) is 0 Å². The van der Waals surface area contributed by atoms with Crippen molar-refractivity contribution >= 4 is 0 Å². The van der Waals surface area contributed by atoms with E-state index in [-0.39, 0.29) is 22.8 Å². The van der Waals surface area contributed by atoms with Gasteiger partial charge >= 0.3 is 17.4 Å². The first-order valence-electron chi connectivity index (χ1n) is 1.10. The Kier molecular flexibility index (Phi) is 36.2. The summed E-state index contributed by atoms with van der Waals surface area (Å²) in [6.07, 6.45) is 0. The molecule has 10 heavy (non-hydrogen) atoms. The molecule has 0 unspecified atom stereocenters. The van der Waals surface area contributed by atoms with Gasteiger partial charge in [-0.05, 0) is 0 Å². The molecule has 59 valence electrons. The average molecular weight is 193 g/mol. The van der Waals surface area contributed by atoms with E-state index in [2.05, 4.69) is 0 Å². The van der Waals surface area contributed by atoms with Gasteiger partial charge in [-0.25, -0.2) is 0 Å². The summed E-state index contributed by atoms with van der Waals surface area (Å²) in [5.74, 6) is 0. The van der Waals surface area contributed by atoms with Crippen LogP contribution in [-0.2, 0) is 17.4 Å². The zero-order valence-corrected chi connectivity index (χ0v) is 5.47. The van der Waals surface area contributed by atoms with Crippen LogP contribution in [0, 0.1) is 30.6 Å². The van der Waals surface area contributed by atoms with Gasteiger partial charge in [-0.2, -0.15) is 0 Å². The SMILES string of the molecule is O=[N+]([O-])[O-].O=[N+]([O-])[O-].[Cr+3].[OH-]. The van der Waals surface area contributed by atoms with E-state index in [4.69, 9.17) is 30.6 Å². The Morgan fingerprint density at radius 2 is 0.800 bits per heavy atom. The molecule has 0 saturated heterocycles. The molecule has 0 spiro atoms. The van der Waals surface area contributed by atoms with Crippen LogP contribution in [0.1, 0.15) is 0 Å². The summed E-state index contributed by atoms with van der Waals surface area (Å²) in [4.78, 5) is 16.5. The van der Waals surface area contributed by atoms with Crippen LogP contribution < -0.4 is 0 Å². The predicted molar refractivity (Wildman–Crippen MR) is 22.7 cm³/mol. The van der Waals surface area contributed by atoms with Crippen molar-refractivity contribution in [2.45, 2.75) is 0 Å². The fourth-order valence-electron chi connectivity index (χ4n) is 0. The van der Waals surface area contributed by atoms with Crippen molar-refractivity contribution in [1.82, 2.24) is 0 Å². The van der Waals surface area contributed by atoms with E-state index in [1.54, 1.807) is 0 Å². The van der Waals surface area contributed by atoms with Crippen LogP contribution in [0.15, 0.2) is 0 Å². The van der Waals surface area contributed by atoms with Gasteiger partial charge in [0.25, 0.3) is 0 Å². The first-order chi connectivity index (χ1) is 3.46. The summed E-state index contributed by atoms with van der Waals surface area (Å²) in [7, 11) is 0. The third kappa shape index (κ3) is 195. The zero-order chi connectivity index (χ0) is 7.15. The molecule has 0 atom stereocenters. The molecule has 10 heteroatoms. The van der Waals surface area contributed by atoms with E-state index in [1.807, 2.05) is 0 Å². The van der Waals surface area contributed by atoms with Gasteiger partial charge in [-0.1, -0.05) is 0 Å². The van der Waals surface area contributed by atoms with Crippen molar-refractivity contribution in [2.75, 3.05) is 0 Å². The van der Waals surface area contributed by atoms with Crippen molar-refractivity contribution in [3.05, 3.63) is 30.6 Å². The fraction of sp³-hybridized carbons (Fsp3) is 0. The molecule has 0 heterocycles. The molecular formula is HCrN2O7. The van der Waals surface area contributed by atoms with Crippen LogP contribution in [0.2, 0.25) is 0 Å². The second-order valence-electron chi connectivity index (χ2n) is 0.447. The molecule has 0 saturated carbocycles. The van der Waals surface area contributed by atoms with Gasteiger partial charge < -0.3 is 36.1 Å². The normalized spacial score (nSPS) is 4.80. The maximum absolute atomic E-state index is 8.25. The molecule has 0 amide bonds. The molecular weight excluding hydrogens is 192 g/mol. The number of nitrogens with zero attached hydrogens (tertiary/aromatic N) is 2. The molecule has 1 N–H and O–H groups in total. The van der Waals surface area contributed by atoms with Crippen molar-refractivity contribution in [3.8, 4) is 0 Å². The van der Waals surface area contributed by atoms with Gasteiger partial charge in [-0.3, -0.25) is 0 Å². The van der Waals surface area contributed by atoms with Gasteiger partial charge in [0.1, 0.15) is 0 Å². The minimum absolute atomic E-state index is 0. The fourth-order valence-corrected chi connectivity index (χ4v) is 0. The Bertz CT molecular complexity index is 69.6. The number of hydrogen-bond acceptors (Lipinski definition) is 7. The summed E-state index contributed by atoms with van der Waals surface area (Å²) in [5, 5.41) is 29.5. The van der Waals surface area contributed by atoms with E-state index in [0.29, 0.717) is 0 Å². The topological polar surface area (TPSA) is 162 Å². The molecule has 0 aromatic heterocycles. The average Bonchev–Trinajstić information content (AvgIpc) is 1.25. The van der Waals surface area contributed by atoms with Crippen LogP contribution >= 0.6 is 0 Å². The largest absolute Gasteiger partial charge is 3.00 e. The summed E-state index contributed by atoms with van der Waals surface area (Å²) < 4.78 is 0. The van der Waals surface area contributed by atoms with Crippen LogP contribution in [0.4, 0.5) is 0 Å². The van der Waals surface area contributed by atoms with Gasteiger partial charge in [-0.15, -0.1) is 0 Å². The Morgan fingerprint density at radius 1 is 0.800 bits per heavy atom. The third-order valence-corrected chi connectivity index (χ3v) is 0. The maximum atomic E-state index is 8.25. The van der Waals surface area contributed by atoms with Crippen LogP contribution in [0.25, 0.3) is 0 Å². The predicted octanol–water partition coefficient (Wildman–Crippen LogP) is -0.658. The van der Waals surface area contributed by atoms with Gasteiger partial charge in [0.2, 0.25) is 0 Å². The van der Waals surface area contributed by atoms with Crippen molar-refractivity contribution in [3.63, 3.8) is 0 Å². The second kappa shape index (κ2) is 15.7. The van der Waals surface area contributed by atoms with Crippen molar-refractivity contribution in [1.29, 1.82) is 0 Å². The van der Waals surface area contributed by atoms with E-state index in [0.717, 1.165) is 0 Å². The minimum atomic E-state index is -1.75. The number of hydrogen-bond donors (Lipinski definition) is 0. The smallest absolute Gasteiger partial charge is 0.870 e. The molecule has 0 aromatic carbocycles. The standard InChI is InChI=1S/Cr.2NO3.H2O/c;2*2-1(3)4;/h;;;1H2/q+3;2*-1;/p-1. The monoisotopic (exact) mass is 193 g/mol. The summed E-state index contributed by atoms with van der Waals surface area (Å²) in [5.41, 5.74) is 0. The molecule has 0 aliphatic rings. The molecule has 9 nitrogen and oxygen atoms in total. The summed E-state index contributed by atoms with van der Waals surface area (Å²) in [6, 6.07) is 0. The molecule has 0 aromatic rings. The first kappa shape index (κ1) is 23.1. The second-order valence-corrected chi connectivity index (χ2v) is 0.447. The maximum Gasteiger partial charge on any atom is 3.00 e.